The summed E-state index contributed by atoms with van der Waals surface area (Å²) in [7, 11) is -3.18. The smallest absolute Gasteiger partial charge is 0.290 e. The first-order valence-electron chi connectivity index (χ1n) is 9.89. The molecule has 29 heavy (non-hydrogen) atoms. The third-order valence-electron chi connectivity index (χ3n) is 5.83. The Bertz CT molecular complexity index is 876. The summed E-state index contributed by atoms with van der Waals surface area (Å²) in [5.41, 5.74) is 1.91. The summed E-state index contributed by atoms with van der Waals surface area (Å²) in [5, 5.41) is 6.89. The third-order valence-corrected chi connectivity index (χ3v) is 7.06. The van der Waals surface area contributed by atoms with Gasteiger partial charge >= 0.3 is 0 Å². The summed E-state index contributed by atoms with van der Waals surface area (Å²) in [6.07, 6.45) is 3.24. The molecule has 2 atom stereocenters. The second-order valence-corrected chi connectivity index (χ2v) is 9.91. The van der Waals surface area contributed by atoms with E-state index in [2.05, 4.69) is 4.90 Å². The molecular weight excluding hydrogens is 398 g/mol. The van der Waals surface area contributed by atoms with E-state index in [-0.39, 0.29) is 23.9 Å². The van der Waals surface area contributed by atoms with Gasteiger partial charge in [0.15, 0.2) is 0 Å². The van der Waals surface area contributed by atoms with E-state index >= 15 is 0 Å². The van der Waals surface area contributed by atoms with Gasteiger partial charge in [-0.3, -0.25) is 14.5 Å². The summed E-state index contributed by atoms with van der Waals surface area (Å²) in [6.45, 7) is 5.36. The maximum Gasteiger partial charge on any atom is 0.290 e. The van der Waals surface area contributed by atoms with Gasteiger partial charge in [0.1, 0.15) is 0 Å². The quantitative estimate of drug-likeness (QED) is 0.684. The number of hydrogen-bond acceptors (Lipinski definition) is 6. The van der Waals surface area contributed by atoms with Crippen molar-refractivity contribution in [1.29, 1.82) is 0 Å². The van der Waals surface area contributed by atoms with Crippen LogP contribution < -0.4 is 5.56 Å². The van der Waals surface area contributed by atoms with Crippen LogP contribution in [-0.2, 0) is 32.6 Å². The van der Waals surface area contributed by atoms with Gasteiger partial charge in [-0.1, -0.05) is 6.07 Å². The molecule has 1 aromatic rings. The molecule has 10 heteroatoms. The van der Waals surface area contributed by atoms with Gasteiger partial charge in [-0.05, 0) is 24.8 Å². The molecule has 1 N–H and O–H groups in total. The number of hydrogen-bond donors (Lipinski definition) is 1. The lowest BCUT2D eigenvalue weighted by atomic mass is 9.84. The van der Waals surface area contributed by atoms with Gasteiger partial charge < -0.3 is 14.4 Å². The fourth-order valence-corrected chi connectivity index (χ4v) is 5.47. The van der Waals surface area contributed by atoms with Gasteiger partial charge in [0, 0.05) is 63.1 Å². The first-order chi connectivity index (χ1) is 13.8. The van der Waals surface area contributed by atoms with Crippen LogP contribution in [0.15, 0.2) is 16.9 Å². The molecule has 3 aliphatic rings. The van der Waals surface area contributed by atoms with Gasteiger partial charge in [0.25, 0.3) is 12.0 Å². The molecule has 0 aromatic carbocycles. The van der Waals surface area contributed by atoms with Crippen LogP contribution in [0.3, 0.4) is 0 Å². The number of carbonyl (C=O) groups is 1. The molecule has 3 aliphatic heterocycles. The molecule has 0 spiro atoms. The van der Waals surface area contributed by atoms with Crippen molar-refractivity contribution in [2.45, 2.75) is 31.8 Å². The third kappa shape index (κ3) is 5.25. The summed E-state index contributed by atoms with van der Waals surface area (Å²) >= 11 is 0. The van der Waals surface area contributed by atoms with E-state index in [1.165, 1.54) is 6.26 Å². The van der Waals surface area contributed by atoms with Crippen LogP contribution in [0, 0.1) is 5.92 Å². The zero-order chi connectivity index (χ0) is 21.0. The Morgan fingerprint density at radius 3 is 2.69 bits per heavy atom. The van der Waals surface area contributed by atoms with Crippen molar-refractivity contribution in [2.24, 2.45) is 5.92 Å². The first-order valence-corrected chi connectivity index (χ1v) is 11.7. The minimum Gasteiger partial charge on any atom is -0.483 e. The van der Waals surface area contributed by atoms with Crippen LogP contribution in [0.5, 0.6) is 0 Å². The lowest BCUT2D eigenvalue weighted by Gasteiger charge is -2.41. The minimum atomic E-state index is -3.18. The molecule has 162 valence electrons. The molecule has 2 fully saturated rings. The molecule has 2 bridgehead atoms. The molecular formula is C19H29N3O6S. The molecule has 4 rings (SSSR count). The van der Waals surface area contributed by atoms with Crippen molar-refractivity contribution < 1.29 is 23.1 Å². The van der Waals surface area contributed by atoms with E-state index < -0.39 is 10.0 Å². The Labute approximate surface area is 170 Å². The lowest BCUT2D eigenvalue weighted by molar-refractivity contribution is -0.122. The molecule has 1 aromatic heterocycles. The number of ether oxygens (including phenoxy) is 1. The van der Waals surface area contributed by atoms with Gasteiger partial charge in [0.05, 0.1) is 12.9 Å². The van der Waals surface area contributed by atoms with Crippen LogP contribution in [0.4, 0.5) is 0 Å². The number of pyridine rings is 1. The van der Waals surface area contributed by atoms with Crippen LogP contribution in [0.2, 0.25) is 0 Å². The number of piperidine rings is 1. The van der Waals surface area contributed by atoms with Gasteiger partial charge in [0.2, 0.25) is 10.0 Å². The van der Waals surface area contributed by atoms with E-state index in [1.54, 1.807) is 4.31 Å². The summed E-state index contributed by atoms with van der Waals surface area (Å²) in [5.74, 6) is 0.334. The second-order valence-electron chi connectivity index (χ2n) is 7.93. The monoisotopic (exact) mass is 427 g/mol. The standard InChI is InChI=1S/C18H27N3O4S.CH2O2/c1-26(23,24)20-10-14-9-16(13-20)17-4-3-15(18(22)21(17)11-14)12-19-5-2-7-25-8-6-19;2-1-3/h3-4,14,16H,2,5-13H2,1H3;1H,(H,2,3)/t14-,16+;/m0./s1. The van der Waals surface area contributed by atoms with E-state index in [0.29, 0.717) is 26.2 Å². The molecule has 0 radical (unpaired) electrons. The SMILES string of the molecule is CS(=O)(=O)N1C[C@@H]2C[C@H](C1)c1ccc(CN3CCCOCC3)c(=O)n1C2.O=CO. The zero-order valence-electron chi connectivity index (χ0n) is 16.7. The van der Waals surface area contributed by atoms with Gasteiger partial charge in [-0.25, -0.2) is 12.7 Å². The van der Waals surface area contributed by atoms with Crippen LogP contribution in [0.1, 0.15) is 30.0 Å². The van der Waals surface area contributed by atoms with Crippen LogP contribution >= 0.6 is 0 Å². The number of sulfonamides is 1. The Hall–Kier alpha value is -1.75. The fraction of sp³-hybridized carbons (Fsp3) is 0.684. The maximum absolute atomic E-state index is 13.1. The Morgan fingerprint density at radius 2 is 1.97 bits per heavy atom. The highest BCUT2D eigenvalue weighted by Crippen LogP contribution is 2.36. The lowest BCUT2D eigenvalue weighted by Crippen LogP contribution is -2.49. The number of aromatic nitrogens is 1. The molecule has 9 nitrogen and oxygen atoms in total. The minimum absolute atomic E-state index is 0.0928. The average molecular weight is 428 g/mol. The van der Waals surface area contributed by atoms with Crippen molar-refractivity contribution in [3.63, 3.8) is 0 Å². The highest BCUT2D eigenvalue weighted by molar-refractivity contribution is 7.88. The number of rotatable bonds is 3. The van der Waals surface area contributed by atoms with Crippen molar-refractivity contribution >= 4 is 16.5 Å². The highest BCUT2D eigenvalue weighted by atomic mass is 32.2. The molecule has 0 amide bonds. The van der Waals surface area contributed by atoms with Crippen molar-refractivity contribution in [1.82, 2.24) is 13.8 Å². The average Bonchev–Trinajstić information content (AvgIpc) is 2.93. The Morgan fingerprint density at radius 1 is 1.21 bits per heavy atom. The van der Waals surface area contributed by atoms with Gasteiger partial charge in [-0.15, -0.1) is 0 Å². The molecule has 2 saturated heterocycles. The van der Waals surface area contributed by atoms with Crippen molar-refractivity contribution in [3.8, 4) is 0 Å². The molecule has 0 saturated carbocycles. The zero-order valence-corrected chi connectivity index (χ0v) is 17.5. The largest absolute Gasteiger partial charge is 0.483 e. The van der Waals surface area contributed by atoms with E-state index in [9.17, 15) is 13.2 Å². The Balaban J connectivity index is 0.000000755. The summed E-state index contributed by atoms with van der Waals surface area (Å²) < 4.78 is 32.9. The predicted octanol–water partition coefficient (Wildman–Crippen LogP) is 0.150. The van der Waals surface area contributed by atoms with Crippen molar-refractivity contribution in [2.75, 3.05) is 45.6 Å². The van der Waals surface area contributed by atoms with Crippen LogP contribution in [0.25, 0.3) is 0 Å². The number of fused-ring (bicyclic) bond motifs is 4. The predicted molar refractivity (Wildman–Crippen MR) is 107 cm³/mol. The van der Waals surface area contributed by atoms with E-state index in [4.69, 9.17) is 14.6 Å². The Kier molecular flexibility index (Phi) is 7.10. The first kappa shape index (κ1) is 21.9. The highest BCUT2D eigenvalue weighted by Gasteiger charge is 2.37. The van der Waals surface area contributed by atoms with Crippen molar-refractivity contribution in [3.05, 3.63) is 33.7 Å². The van der Waals surface area contributed by atoms with Gasteiger partial charge in [-0.2, -0.15) is 0 Å². The van der Waals surface area contributed by atoms with E-state index in [0.717, 1.165) is 50.4 Å². The summed E-state index contributed by atoms with van der Waals surface area (Å²) in [6, 6.07) is 3.98. The fourth-order valence-electron chi connectivity index (χ4n) is 4.54. The molecule has 0 unspecified atom stereocenters. The number of nitrogens with zero attached hydrogens (tertiary/aromatic N) is 3. The number of carboxylic acid groups (broad SMARTS) is 1. The second kappa shape index (κ2) is 9.38. The summed E-state index contributed by atoms with van der Waals surface area (Å²) in [4.78, 5) is 23.7. The normalized spacial score (nSPS) is 25.3. The molecule has 4 heterocycles. The molecule has 0 aliphatic carbocycles. The topological polar surface area (TPSA) is 109 Å². The maximum atomic E-state index is 13.1. The van der Waals surface area contributed by atoms with Crippen LogP contribution in [-0.4, -0.2) is 79.4 Å². The van der Waals surface area contributed by atoms with E-state index in [1.807, 2.05) is 16.7 Å².